The summed E-state index contributed by atoms with van der Waals surface area (Å²) in [4.78, 5) is 69.3. The lowest BCUT2D eigenvalue weighted by Crippen LogP contribution is -2.71. The van der Waals surface area contributed by atoms with Crippen LogP contribution in [0, 0.1) is 0 Å². The Labute approximate surface area is 224 Å². The Kier molecular flexibility index (Phi) is 8.22. The molecule has 1 unspecified atom stereocenters. The van der Waals surface area contributed by atoms with Gasteiger partial charge in [-0.25, -0.2) is 19.3 Å². The van der Waals surface area contributed by atoms with E-state index in [1.807, 2.05) is 0 Å². The highest BCUT2D eigenvalue weighted by atomic mass is 32.2. The van der Waals surface area contributed by atoms with Gasteiger partial charge in [0.1, 0.15) is 22.8 Å². The van der Waals surface area contributed by atoms with E-state index in [4.69, 9.17) is 9.94 Å². The van der Waals surface area contributed by atoms with E-state index in [1.165, 1.54) is 33.6 Å². The van der Waals surface area contributed by atoms with Crippen molar-refractivity contribution in [2.75, 3.05) is 23.4 Å². The Hall–Kier alpha value is -4.04. The average molecular weight is 584 g/mol. The van der Waals surface area contributed by atoms with Gasteiger partial charge in [0.25, 0.3) is 11.8 Å². The zero-order chi connectivity index (χ0) is 27.4. The van der Waals surface area contributed by atoms with Crippen LogP contribution in [0.1, 0.15) is 5.69 Å². The molecule has 4 rings (SSSR count). The van der Waals surface area contributed by atoms with Crippen LogP contribution in [0.2, 0.25) is 0 Å². The number of nitrogens with one attached hydrogen (secondary N) is 2. The van der Waals surface area contributed by atoms with E-state index in [0.29, 0.717) is 17.1 Å². The molecule has 1 fully saturated rings. The van der Waals surface area contributed by atoms with Crippen molar-refractivity contribution in [3.63, 3.8) is 0 Å². The lowest BCUT2D eigenvalue weighted by molar-refractivity contribution is -0.150. The fourth-order valence-electron chi connectivity index (χ4n) is 3.35. The number of carbonyl (C=O) groups excluding carboxylic acids is 3. The number of rotatable bonds is 12. The van der Waals surface area contributed by atoms with Crippen molar-refractivity contribution in [2.24, 2.45) is 12.2 Å². The third-order valence-corrected chi connectivity index (χ3v) is 8.19. The van der Waals surface area contributed by atoms with E-state index in [0.717, 1.165) is 16.2 Å². The number of β-lactam (4-membered cyclic amide) rings is 1. The molecule has 0 aliphatic carbocycles. The molecule has 17 nitrogen and oxygen atoms in total. The Morgan fingerprint density at radius 1 is 1.37 bits per heavy atom. The number of hydrogen-bond acceptors (Lipinski definition) is 14. The highest BCUT2D eigenvalue weighted by Crippen LogP contribution is 2.41. The number of hydrogen-bond donors (Lipinski definition) is 4. The lowest BCUT2D eigenvalue weighted by Gasteiger charge is -2.49. The Bertz CT molecular complexity index is 1360. The zero-order valence-electron chi connectivity index (χ0n) is 19.1. The molecule has 0 bridgehead atoms. The number of carbonyl (C=O) groups is 5. The van der Waals surface area contributed by atoms with Crippen LogP contribution in [0.25, 0.3) is 0 Å². The van der Waals surface area contributed by atoms with Crippen molar-refractivity contribution in [1.29, 1.82) is 0 Å². The number of fused-ring (bicyclic) bond motifs is 1. The van der Waals surface area contributed by atoms with Crippen molar-refractivity contribution in [1.82, 2.24) is 35.4 Å². The molecule has 1 saturated heterocycles. The monoisotopic (exact) mass is 583 g/mol. The van der Waals surface area contributed by atoms with Gasteiger partial charge in [0.15, 0.2) is 10.8 Å². The van der Waals surface area contributed by atoms with Crippen LogP contribution in [0.5, 0.6) is 0 Å². The number of amides is 3. The highest BCUT2D eigenvalue weighted by molar-refractivity contribution is 8.01. The molecule has 2 aliphatic heterocycles. The molecule has 4 N–H and O–H groups in total. The summed E-state index contributed by atoms with van der Waals surface area (Å²) in [5.41, 5.74) is -0.149. The molecule has 0 aromatic carbocycles. The fourth-order valence-corrected chi connectivity index (χ4v) is 6.34. The van der Waals surface area contributed by atoms with E-state index in [1.54, 1.807) is 7.05 Å². The third-order valence-electron chi connectivity index (χ3n) is 4.98. The number of carboxylic acid groups (broad SMARTS) is 2. The maximum atomic E-state index is 13.0. The molecule has 0 radical (unpaired) electrons. The SMILES string of the molecule is Cn1nnnc1SCC1=C(C(=O)O)N2C(=O)C(NC(=O)/C(=N\OCC(=O)O)c3csc(NC=O)n3)[C@H]2SC1. The topological polar surface area (TPSA) is 231 Å². The zero-order valence-corrected chi connectivity index (χ0v) is 21.6. The van der Waals surface area contributed by atoms with E-state index < -0.39 is 47.5 Å². The van der Waals surface area contributed by atoms with Crippen LogP contribution >= 0.6 is 34.9 Å². The van der Waals surface area contributed by atoms with Gasteiger partial charge in [0, 0.05) is 23.9 Å². The summed E-state index contributed by atoms with van der Waals surface area (Å²) in [5.74, 6) is -3.68. The molecule has 3 amide bonds. The number of anilines is 1. The van der Waals surface area contributed by atoms with E-state index in [9.17, 15) is 29.1 Å². The van der Waals surface area contributed by atoms with Crippen LogP contribution < -0.4 is 10.6 Å². The normalized spacial score (nSPS) is 18.9. The van der Waals surface area contributed by atoms with Gasteiger partial charge in [-0.3, -0.25) is 19.3 Å². The molecule has 0 saturated carbocycles. The van der Waals surface area contributed by atoms with Gasteiger partial charge in [-0.15, -0.1) is 28.2 Å². The first-order valence-electron chi connectivity index (χ1n) is 10.3. The number of thiazole rings is 1. The highest BCUT2D eigenvalue weighted by Gasteiger charge is 2.54. The van der Waals surface area contributed by atoms with Gasteiger partial charge in [0.05, 0.1) is 0 Å². The number of aliphatic carboxylic acids is 2. The maximum absolute atomic E-state index is 13.0. The minimum atomic E-state index is -1.34. The molecule has 200 valence electrons. The number of tetrazole rings is 1. The molecule has 0 spiro atoms. The number of aryl methyl sites for hydroxylation is 1. The number of nitrogens with zero attached hydrogens (tertiary/aromatic N) is 7. The Morgan fingerprint density at radius 3 is 2.82 bits per heavy atom. The van der Waals surface area contributed by atoms with E-state index in [2.05, 4.69) is 36.3 Å². The first-order valence-corrected chi connectivity index (χ1v) is 13.3. The Balaban J connectivity index is 1.50. The van der Waals surface area contributed by atoms with Gasteiger partial charge in [-0.1, -0.05) is 16.9 Å². The summed E-state index contributed by atoms with van der Waals surface area (Å²) in [6.07, 6.45) is 0.382. The van der Waals surface area contributed by atoms with E-state index >= 15 is 0 Å². The predicted octanol–water partition coefficient (Wildman–Crippen LogP) is -1.43. The molecule has 20 heteroatoms. The Morgan fingerprint density at radius 2 is 2.16 bits per heavy atom. The minimum Gasteiger partial charge on any atom is -0.479 e. The average Bonchev–Trinajstić information content (AvgIpc) is 3.51. The third kappa shape index (κ3) is 5.60. The molecule has 2 aliphatic rings. The summed E-state index contributed by atoms with van der Waals surface area (Å²) in [7, 11) is 1.64. The van der Waals surface area contributed by atoms with Crippen molar-refractivity contribution < 1.29 is 39.0 Å². The summed E-state index contributed by atoms with van der Waals surface area (Å²) in [6.45, 7) is -0.840. The van der Waals surface area contributed by atoms with Crippen LogP contribution in [-0.4, -0.2) is 106 Å². The predicted molar refractivity (Wildman–Crippen MR) is 131 cm³/mol. The number of oxime groups is 1. The lowest BCUT2D eigenvalue weighted by atomic mass is 10.0. The first kappa shape index (κ1) is 27.0. The van der Waals surface area contributed by atoms with Gasteiger partial charge < -0.3 is 25.7 Å². The number of thioether (sulfide) groups is 2. The summed E-state index contributed by atoms with van der Waals surface area (Å²) in [6, 6.07) is -1.09. The van der Waals surface area contributed by atoms with Gasteiger partial charge in [-0.2, -0.15) is 0 Å². The largest absolute Gasteiger partial charge is 0.479 e. The second kappa shape index (κ2) is 11.6. The van der Waals surface area contributed by atoms with Crippen molar-refractivity contribution in [3.05, 3.63) is 22.3 Å². The summed E-state index contributed by atoms with van der Waals surface area (Å²) >= 11 is 3.45. The standard InChI is InChI=1S/C18H17N9O8S3/c1-26-18(22-24-25-26)38-4-7-3-36-15-11(14(32)27(15)12(7)16(33)34)21-13(31)10(23-35-2-9(29)30)8-5-37-17(20-8)19-6-28/h5-6,11,15H,2-4H2,1H3,(H,21,31)(H,29,30)(H,33,34)(H,19,20,28)/b23-10-/t11?,15-/m1/s1. The summed E-state index contributed by atoms with van der Waals surface area (Å²) in [5, 5.41) is 39.4. The van der Waals surface area contributed by atoms with Crippen LogP contribution in [0.15, 0.2) is 27.0 Å². The maximum Gasteiger partial charge on any atom is 0.352 e. The molecular weight excluding hydrogens is 566 g/mol. The molecular formula is C18H17N9O8S3. The number of aromatic nitrogens is 5. The minimum absolute atomic E-state index is 0.0362. The van der Waals surface area contributed by atoms with Crippen molar-refractivity contribution in [3.8, 4) is 0 Å². The van der Waals surface area contributed by atoms with Gasteiger partial charge in [-0.05, 0) is 16.0 Å². The fraction of sp³-hybridized carbons (Fsp3) is 0.333. The van der Waals surface area contributed by atoms with E-state index in [-0.39, 0.29) is 28.0 Å². The molecule has 2 atom stereocenters. The first-order chi connectivity index (χ1) is 18.2. The molecule has 38 heavy (non-hydrogen) atoms. The van der Waals surface area contributed by atoms with Gasteiger partial charge in [0.2, 0.25) is 18.2 Å². The quantitative estimate of drug-likeness (QED) is 0.0738. The number of carboxylic acids is 2. The van der Waals surface area contributed by atoms with Crippen LogP contribution in [0.4, 0.5) is 5.13 Å². The second-order valence-corrected chi connectivity index (χ2v) is 10.3. The molecule has 2 aromatic rings. The van der Waals surface area contributed by atoms with Crippen molar-refractivity contribution >= 4 is 75.9 Å². The molecule has 2 aromatic heterocycles. The van der Waals surface area contributed by atoms with Gasteiger partial charge >= 0.3 is 11.9 Å². The second-order valence-electron chi connectivity index (χ2n) is 7.40. The van der Waals surface area contributed by atoms with Crippen molar-refractivity contribution in [2.45, 2.75) is 16.6 Å². The van der Waals surface area contributed by atoms with Crippen LogP contribution in [-0.2, 0) is 35.9 Å². The molecule has 4 heterocycles. The smallest absolute Gasteiger partial charge is 0.352 e. The summed E-state index contributed by atoms with van der Waals surface area (Å²) < 4.78 is 1.43. The van der Waals surface area contributed by atoms with Crippen LogP contribution in [0.3, 0.4) is 0 Å².